The largest absolute Gasteiger partial charge is 0.284 e. The summed E-state index contributed by atoms with van der Waals surface area (Å²) in [6.45, 7) is 5.69. The van der Waals surface area contributed by atoms with Crippen molar-refractivity contribution in [1.82, 2.24) is 14.6 Å². The molecule has 1 unspecified atom stereocenters. The maximum atomic E-state index is 13.1. The van der Waals surface area contributed by atoms with E-state index in [2.05, 4.69) is 24.0 Å². The highest BCUT2D eigenvalue weighted by Gasteiger charge is 2.12. The fourth-order valence-corrected chi connectivity index (χ4v) is 1.56. The van der Waals surface area contributed by atoms with Crippen molar-refractivity contribution >= 4 is 5.65 Å². The van der Waals surface area contributed by atoms with Crippen LogP contribution < -0.4 is 0 Å². The summed E-state index contributed by atoms with van der Waals surface area (Å²) in [5, 5.41) is 7.79. The molecule has 0 radical (unpaired) electrons. The Bertz CT molecular complexity index is 474. The van der Waals surface area contributed by atoms with Crippen LogP contribution in [0.15, 0.2) is 18.3 Å². The van der Waals surface area contributed by atoms with E-state index in [0.29, 0.717) is 17.4 Å². The molecule has 0 aliphatic heterocycles. The third kappa shape index (κ3) is 1.71. The molecule has 2 rings (SSSR count). The number of hydrogen-bond acceptors (Lipinski definition) is 2. The number of halogens is 1. The molecule has 0 N–H and O–H groups in total. The highest BCUT2D eigenvalue weighted by atomic mass is 19.1. The lowest BCUT2D eigenvalue weighted by molar-refractivity contribution is 0.354. The zero-order chi connectivity index (χ0) is 11.0. The van der Waals surface area contributed by atoms with Gasteiger partial charge in [-0.2, -0.15) is 0 Å². The van der Waals surface area contributed by atoms with Gasteiger partial charge in [0.15, 0.2) is 17.6 Å². The maximum Gasteiger partial charge on any atom is 0.171 e. The second kappa shape index (κ2) is 3.61. The molecule has 1 atom stereocenters. The monoisotopic (exact) mass is 207 g/mol. The van der Waals surface area contributed by atoms with Crippen molar-refractivity contribution in [1.29, 1.82) is 0 Å². The Hall–Kier alpha value is -1.45. The number of hydrogen-bond donors (Lipinski definition) is 0. The van der Waals surface area contributed by atoms with Gasteiger partial charge in [-0.15, -0.1) is 10.2 Å². The van der Waals surface area contributed by atoms with Crippen LogP contribution in [0.25, 0.3) is 5.65 Å². The lowest BCUT2D eigenvalue weighted by Crippen LogP contribution is -1.96. The molecule has 4 heteroatoms. The first-order chi connectivity index (χ1) is 7.09. The molecule has 0 spiro atoms. The van der Waals surface area contributed by atoms with Crippen LogP contribution in [0.1, 0.15) is 44.2 Å². The molecule has 0 aliphatic carbocycles. The van der Waals surface area contributed by atoms with Crippen molar-refractivity contribution in [3.63, 3.8) is 0 Å². The predicted octanol–water partition coefficient (Wildman–Crippen LogP) is 2.88. The number of pyridine rings is 1. The standard InChI is InChI=1S/C11H14FN3/c1-7(2)9-4-5-15-10(6-9)13-14-11(15)8(3)12/h4-8H,1-3H3. The molecule has 2 heterocycles. The third-order valence-electron chi connectivity index (χ3n) is 2.48. The van der Waals surface area contributed by atoms with Gasteiger partial charge in [-0.1, -0.05) is 13.8 Å². The van der Waals surface area contributed by atoms with Crippen LogP contribution in [0.5, 0.6) is 0 Å². The van der Waals surface area contributed by atoms with Gasteiger partial charge in [0.1, 0.15) is 0 Å². The minimum absolute atomic E-state index is 0.361. The summed E-state index contributed by atoms with van der Waals surface area (Å²) in [5.41, 5.74) is 1.90. The van der Waals surface area contributed by atoms with Gasteiger partial charge in [-0.3, -0.25) is 4.40 Å². The summed E-state index contributed by atoms with van der Waals surface area (Å²) in [7, 11) is 0. The number of rotatable bonds is 2. The maximum absolute atomic E-state index is 13.1. The van der Waals surface area contributed by atoms with E-state index in [0.717, 1.165) is 0 Å². The summed E-state index contributed by atoms with van der Waals surface area (Å²) >= 11 is 0. The highest BCUT2D eigenvalue weighted by molar-refractivity contribution is 5.42. The second-order valence-electron chi connectivity index (χ2n) is 4.02. The number of fused-ring (bicyclic) bond motifs is 1. The lowest BCUT2D eigenvalue weighted by atomic mass is 10.1. The van der Waals surface area contributed by atoms with Crippen LogP contribution in [0.4, 0.5) is 4.39 Å². The Morgan fingerprint density at radius 3 is 2.60 bits per heavy atom. The summed E-state index contributed by atoms with van der Waals surface area (Å²) in [6.07, 6.45) is 0.737. The van der Waals surface area contributed by atoms with Gasteiger partial charge in [-0.05, 0) is 30.5 Å². The normalized spacial score (nSPS) is 13.7. The van der Waals surface area contributed by atoms with E-state index >= 15 is 0 Å². The lowest BCUT2D eigenvalue weighted by Gasteiger charge is -2.05. The molecular weight excluding hydrogens is 193 g/mol. The molecule has 80 valence electrons. The van der Waals surface area contributed by atoms with Crippen LogP contribution in [0.3, 0.4) is 0 Å². The number of aromatic nitrogens is 3. The Morgan fingerprint density at radius 2 is 2.00 bits per heavy atom. The zero-order valence-corrected chi connectivity index (χ0v) is 9.11. The van der Waals surface area contributed by atoms with Gasteiger partial charge >= 0.3 is 0 Å². The average molecular weight is 207 g/mol. The number of nitrogens with zero attached hydrogens (tertiary/aromatic N) is 3. The van der Waals surface area contributed by atoms with Gasteiger partial charge in [0.25, 0.3) is 0 Å². The molecule has 0 aliphatic rings. The fraction of sp³-hybridized carbons (Fsp3) is 0.455. The molecule has 15 heavy (non-hydrogen) atoms. The summed E-state index contributed by atoms with van der Waals surface area (Å²) in [6, 6.07) is 3.93. The van der Waals surface area contributed by atoms with Gasteiger partial charge in [0, 0.05) is 6.20 Å². The van der Waals surface area contributed by atoms with Crippen molar-refractivity contribution in [2.45, 2.75) is 32.9 Å². The smallest absolute Gasteiger partial charge is 0.171 e. The van der Waals surface area contributed by atoms with E-state index < -0.39 is 6.17 Å². The van der Waals surface area contributed by atoms with Crippen molar-refractivity contribution < 1.29 is 4.39 Å². The second-order valence-corrected chi connectivity index (χ2v) is 4.02. The Morgan fingerprint density at radius 1 is 1.27 bits per heavy atom. The van der Waals surface area contributed by atoms with Gasteiger partial charge in [0.2, 0.25) is 0 Å². The van der Waals surface area contributed by atoms with Crippen LogP contribution in [0, 0.1) is 0 Å². The highest BCUT2D eigenvalue weighted by Crippen LogP contribution is 2.19. The topological polar surface area (TPSA) is 30.2 Å². The molecule has 0 saturated heterocycles. The Balaban J connectivity index is 2.57. The van der Waals surface area contributed by atoms with Crippen molar-refractivity contribution in [3.05, 3.63) is 29.7 Å². The molecular formula is C11H14FN3. The van der Waals surface area contributed by atoms with Gasteiger partial charge in [0.05, 0.1) is 0 Å². The fourth-order valence-electron chi connectivity index (χ4n) is 1.56. The minimum Gasteiger partial charge on any atom is -0.284 e. The van der Waals surface area contributed by atoms with Gasteiger partial charge in [-0.25, -0.2) is 4.39 Å². The summed E-state index contributed by atoms with van der Waals surface area (Å²) in [4.78, 5) is 0. The third-order valence-corrected chi connectivity index (χ3v) is 2.48. The van der Waals surface area contributed by atoms with Crippen LogP contribution in [-0.2, 0) is 0 Å². The average Bonchev–Trinajstić information content (AvgIpc) is 2.59. The summed E-state index contributed by atoms with van der Waals surface area (Å²) < 4.78 is 14.8. The predicted molar refractivity (Wildman–Crippen MR) is 56.6 cm³/mol. The SMILES string of the molecule is CC(C)c1ccn2c(C(C)F)nnc2c1. The van der Waals surface area contributed by atoms with Crippen LogP contribution >= 0.6 is 0 Å². The number of alkyl halides is 1. The van der Waals surface area contributed by atoms with Crippen LogP contribution in [-0.4, -0.2) is 14.6 Å². The molecule has 2 aromatic heterocycles. The first-order valence-electron chi connectivity index (χ1n) is 5.08. The Kier molecular flexibility index (Phi) is 2.42. The minimum atomic E-state index is -1.09. The summed E-state index contributed by atoms with van der Waals surface area (Å²) in [5.74, 6) is 0.804. The van der Waals surface area contributed by atoms with E-state index in [9.17, 15) is 4.39 Å². The van der Waals surface area contributed by atoms with E-state index in [1.165, 1.54) is 12.5 Å². The Labute approximate surface area is 87.9 Å². The van der Waals surface area contributed by atoms with Crippen molar-refractivity contribution in [3.8, 4) is 0 Å². The quantitative estimate of drug-likeness (QED) is 0.758. The van der Waals surface area contributed by atoms with E-state index in [1.807, 2.05) is 18.3 Å². The van der Waals surface area contributed by atoms with E-state index in [4.69, 9.17) is 0 Å². The first-order valence-corrected chi connectivity index (χ1v) is 5.08. The molecule has 2 aromatic rings. The van der Waals surface area contributed by atoms with Crippen molar-refractivity contribution in [2.75, 3.05) is 0 Å². The zero-order valence-electron chi connectivity index (χ0n) is 9.11. The molecule has 0 bridgehead atoms. The molecule has 0 fully saturated rings. The van der Waals surface area contributed by atoms with Crippen LogP contribution in [0.2, 0.25) is 0 Å². The molecule has 0 aromatic carbocycles. The van der Waals surface area contributed by atoms with E-state index in [-0.39, 0.29) is 0 Å². The first kappa shape index (κ1) is 10.1. The van der Waals surface area contributed by atoms with E-state index in [1.54, 1.807) is 4.40 Å². The van der Waals surface area contributed by atoms with Gasteiger partial charge < -0.3 is 0 Å². The molecule has 0 saturated carbocycles. The molecule has 0 amide bonds. The molecule has 3 nitrogen and oxygen atoms in total. The van der Waals surface area contributed by atoms with Crippen molar-refractivity contribution in [2.24, 2.45) is 0 Å².